The van der Waals surface area contributed by atoms with Gasteiger partial charge in [0.05, 0.1) is 10.7 Å². The molecule has 37 heavy (non-hydrogen) atoms. The Morgan fingerprint density at radius 1 is 1.03 bits per heavy atom. The summed E-state index contributed by atoms with van der Waals surface area (Å²) >= 11 is 6.27. The van der Waals surface area contributed by atoms with Gasteiger partial charge in [-0.1, -0.05) is 17.7 Å². The average Bonchev–Trinajstić information content (AvgIpc) is 2.82. The van der Waals surface area contributed by atoms with Crippen LogP contribution in [0.1, 0.15) is 37.6 Å². The predicted octanol–water partition coefficient (Wildman–Crippen LogP) is 4.60. The van der Waals surface area contributed by atoms with Gasteiger partial charge in [0.25, 0.3) is 0 Å². The SMILES string of the molecule is Cc1cnc(Nc2ccc(N3CCN(C)CC3)cc2)nc1Cc1ccc(Cl)c(S(=O)(=O)NC(C)(C)C)c1. The van der Waals surface area contributed by atoms with Crippen molar-refractivity contribution in [2.45, 2.75) is 44.6 Å². The fourth-order valence-electron chi connectivity index (χ4n) is 4.18. The lowest BCUT2D eigenvalue weighted by atomic mass is 10.1. The number of nitrogens with zero attached hydrogens (tertiary/aromatic N) is 4. The molecule has 0 spiro atoms. The Balaban J connectivity index is 1.49. The summed E-state index contributed by atoms with van der Waals surface area (Å²) < 4.78 is 28.5. The van der Waals surface area contributed by atoms with Crippen molar-refractivity contribution in [2.24, 2.45) is 0 Å². The first-order chi connectivity index (χ1) is 17.4. The zero-order valence-electron chi connectivity index (χ0n) is 22.0. The summed E-state index contributed by atoms with van der Waals surface area (Å²) in [7, 11) is -1.62. The molecule has 2 N–H and O–H groups in total. The monoisotopic (exact) mass is 542 g/mol. The second-order valence-corrected chi connectivity index (χ2v) is 12.6. The number of piperazine rings is 1. The Bertz CT molecular complexity index is 1350. The van der Waals surface area contributed by atoms with E-state index in [4.69, 9.17) is 16.6 Å². The molecule has 0 radical (unpaired) electrons. The number of anilines is 3. The van der Waals surface area contributed by atoms with Crippen LogP contribution in [0.3, 0.4) is 0 Å². The molecule has 1 fully saturated rings. The van der Waals surface area contributed by atoms with E-state index in [1.165, 1.54) is 5.69 Å². The fourth-order valence-corrected chi connectivity index (χ4v) is 6.15. The van der Waals surface area contributed by atoms with Crippen molar-refractivity contribution in [1.29, 1.82) is 0 Å². The minimum absolute atomic E-state index is 0.0621. The van der Waals surface area contributed by atoms with E-state index in [1.54, 1.807) is 39.1 Å². The largest absolute Gasteiger partial charge is 0.369 e. The van der Waals surface area contributed by atoms with E-state index in [2.05, 4.69) is 44.0 Å². The Labute approximate surface area is 225 Å². The molecule has 1 aliphatic heterocycles. The van der Waals surface area contributed by atoms with Crippen LogP contribution in [0.4, 0.5) is 17.3 Å². The Morgan fingerprint density at radius 2 is 1.70 bits per heavy atom. The molecule has 3 aromatic rings. The minimum Gasteiger partial charge on any atom is -0.369 e. The van der Waals surface area contributed by atoms with Gasteiger partial charge in [0, 0.05) is 55.7 Å². The van der Waals surface area contributed by atoms with Gasteiger partial charge in [-0.3, -0.25) is 0 Å². The van der Waals surface area contributed by atoms with Gasteiger partial charge in [-0.15, -0.1) is 0 Å². The lowest BCUT2D eigenvalue weighted by Crippen LogP contribution is -2.44. The van der Waals surface area contributed by atoms with E-state index in [0.29, 0.717) is 12.4 Å². The number of likely N-dealkylation sites (N-methyl/N-ethyl adjacent to an activating group) is 1. The van der Waals surface area contributed by atoms with Crippen molar-refractivity contribution >= 4 is 38.9 Å². The molecule has 0 aliphatic carbocycles. The molecule has 8 nitrogen and oxygen atoms in total. The summed E-state index contributed by atoms with van der Waals surface area (Å²) in [5, 5.41) is 3.47. The summed E-state index contributed by atoms with van der Waals surface area (Å²) in [6, 6.07) is 13.4. The third-order valence-corrected chi connectivity index (χ3v) is 8.41. The number of halogens is 1. The Morgan fingerprint density at radius 3 is 2.35 bits per heavy atom. The lowest BCUT2D eigenvalue weighted by molar-refractivity contribution is 0.313. The number of benzene rings is 2. The summed E-state index contributed by atoms with van der Waals surface area (Å²) in [5.41, 5.74) is 4.01. The third kappa shape index (κ3) is 7.19. The molecule has 1 aliphatic rings. The number of rotatable bonds is 7. The summed E-state index contributed by atoms with van der Waals surface area (Å²) in [6.45, 7) is 11.5. The lowest BCUT2D eigenvalue weighted by Gasteiger charge is -2.34. The summed E-state index contributed by atoms with van der Waals surface area (Å²) in [4.78, 5) is 14.0. The van der Waals surface area contributed by atoms with Crippen molar-refractivity contribution in [3.8, 4) is 0 Å². The number of sulfonamides is 1. The summed E-state index contributed by atoms with van der Waals surface area (Å²) in [5.74, 6) is 0.490. The van der Waals surface area contributed by atoms with Gasteiger partial charge < -0.3 is 15.1 Å². The van der Waals surface area contributed by atoms with E-state index >= 15 is 0 Å². The fraction of sp³-hybridized carbons (Fsp3) is 0.407. The van der Waals surface area contributed by atoms with Gasteiger partial charge >= 0.3 is 0 Å². The van der Waals surface area contributed by atoms with Crippen molar-refractivity contribution in [3.05, 3.63) is 70.5 Å². The zero-order chi connectivity index (χ0) is 26.8. The predicted molar refractivity (Wildman–Crippen MR) is 151 cm³/mol. The van der Waals surface area contributed by atoms with Crippen LogP contribution in [0.2, 0.25) is 5.02 Å². The quantitative estimate of drug-likeness (QED) is 0.451. The highest BCUT2D eigenvalue weighted by Crippen LogP contribution is 2.26. The second-order valence-electron chi connectivity index (χ2n) is 10.6. The van der Waals surface area contributed by atoms with Gasteiger partial charge in [-0.2, -0.15) is 0 Å². The van der Waals surface area contributed by atoms with Crippen molar-refractivity contribution in [3.63, 3.8) is 0 Å². The van der Waals surface area contributed by atoms with E-state index < -0.39 is 15.6 Å². The minimum atomic E-state index is -3.77. The molecule has 0 unspecified atom stereocenters. The smallest absolute Gasteiger partial charge is 0.242 e. The second kappa shape index (κ2) is 10.9. The molecular formula is C27H35ClN6O2S. The van der Waals surface area contributed by atoms with Gasteiger partial charge in [-0.25, -0.2) is 23.1 Å². The van der Waals surface area contributed by atoms with Crippen molar-refractivity contribution < 1.29 is 8.42 Å². The molecule has 1 aromatic heterocycles. The molecule has 1 saturated heterocycles. The van der Waals surface area contributed by atoms with Gasteiger partial charge in [-0.05, 0) is 82.3 Å². The van der Waals surface area contributed by atoms with E-state index in [0.717, 1.165) is 48.7 Å². The highest BCUT2D eigenvalue weighted by molar-refractivity contribution is 7.89. The molecular weight excluding hydrogens is 508 g/mol. The number of hydrogen-bond donors (Lipinski definition) is 2. The molecule has 0 amide bonds. The van der Waals surface area contributed by atoms with Gasteiger partial charge in [0.15, 0.2) is 0 Å². The molecule has 4 rings (SSSR count). The Kier molecular flexibility index (Phi) is 8.08. The van der Waals surface area contributed by atoms with E-state index in [9.17, 15) is 8.42 Å². The first kappa shape index (κ1) is 27.3. The van der Waals surface area contributed by atoms with Crippen LogP contribution in [0, 0.1) is 6.92 Å². The van der Waals surface area contributed by atoms with Crippen LogP contribution in [0.15, 0.2) is 53.6 Å². The Hall–Kier alpha value is -2.72. The van der Waals surface area contributed by atoms with E-state index in [-0.39, 0.29) is 9.92 Å². The third-order valence-electron chi connectivity index (χ3n) is 6.17. The maximum absolute atomic E-state index is 12.9. The van der Waals surface area contributed by atoms with Crippen LogP contribution in [-0.2, 0) is 16.4 Å². The molecule has 0 saturated carbocycles. The maximum atomic E-state index is 12.9. The molecule has 198 valence electrons. The van der Waals surface area contributed by atoms with Crippen molar-refractivity contribution in [2.75, 3.05) is 43.4 Å². The van der Waals surface area contributed by atoms with Gasteiger partial charge in [0.2, 0.25) is 16.0 Å². The molecule has 2 heterocycles. The van der Waals surface area contributed by atoms with Gasteiger partial charge in [0.1, 0.15) is 4.90 Å². The zero-order valence-corrected chi connectivity index (χ0v) is 23.6. The first-order valence-electron chi connectivity index (χ1n) is 12.4. The standard InChI is InChI=1S/C27H35ClN6O2S/c1-19-18-29-26(30-21-7-9-22(10-8-21)34-14-12-33(5)13-15-34)31-24(19)16-20-6-11-23(28)25(17-20)37(35,36)32-27(2,3)4/h6-11,17-18,32H,12-16H2,1-5H3,(H,29,30,31). The highest BCUT2D eigenvalue weighted by atomic mass is 35.5. The maximum Gasteiger partial charge on any atom is 0.242 e. The number of aryl methyl sites for hydroxylation is 1. The average molecular weight is 543 g/mol. The highest BCUT2D eigenvalue weighted by Gasteiger charge is 2.24. The van der Waals surface area contributed by atoms with Crippen LogP contribution < -0.4 is 14.9 Å². The summed E-state index contributed by atoms with van der Waals surface area (Å²) in [6.07, 6.45) is 2.22. The number of aromatic nitrogens is 2. The molecule has 0 bridgehead atoms. The van der Waals surface area contributed by atoms with Crippen LogP contribution in [-0.4, -0.2) is 62.1 Å². The van der Waals surface area contributed by atoms with Crippen LogP contribution >= 0.6 is 11.6 Å². The van der Waals surface area contributed by atoms with Crippen molar-refractivity contribution in [1.82, 2.24) is 19.6 Å². The number of nitrogens with one attached hydrogen (secondary N) is 2. The van der Waals surface area contributed by atoms with E-state index in [1.807, 2.05) is 25.1 Å². The molecule has 10 heteroatoms. The molecule has 0 atom stereocenters. The normalized spacial score (nSPS) is 15.1. The number of hydrogen-bond acceptors (Lipinski definition) is 7. The van der Waals surface area contributed by atoms with Crippen LogP contribution in [0.25, 0.3) is 0 Å². The first-order valence-corrected chi connectivity index (χ1v) is 14.2. The molecule has 2 aromatic carbocycles. The van der Waals surface area contributed by atoms with Crippen LogP contribution in [0.5, 0.6) is 0 Å². The topological polar surface area (TPSA) is 90.5 Å².